The van der Waals surface area contributed by atoms with Gasteiger partial charge in [0.15, 0.2) is 0 Å². The van der Waals surface area contributed by atoms with Crippen molar-refractivity contribution < 1.29 is 9.72 Å². The minimum Gasteiger partial charge on any atom is -0.333 e. The highest BCUT2D eigenvalue weighted by Crippen LogP contribution is 2.23. The molecule has 7 nitrogen and oxygen atoms in total. The molecule has 0 bridgehead atoms. The third kappa shape index (κ3) is 4.84. The first-order chi connectivity index (χ1) is 11.9. The van der Waals surface area contributed by atoms with Crippen LogP contribution in [0.25, 0.3) is 0 Å². The van der Waals surface area contributed by atoms with E-state index in [-0.39, 0.29) is 11.6 Å². The lowest BCUT2D eigenvalue weighted by molar-refractivity contribution is -0.385. The summed E-state index contributed by atoms with van der Waals surface area (Å²) in [4.78, 5) is 31.5. The Hall–Kier alpha value is -2.80. The standard InChI is InChI=1S/C18H22N4O3/c1-14-16(7-4-8-17(14)22(24)25)18(23)21(11-10-20(2)3)13-15-6-5-9-19-12-15/h4-9,12H,10-11,13H2,1-3H3. The van der Waals surface area contributed by atoms with Crippen LogP contribution >= 0.6 is 0 Å². The Balaban J connectivity index is 2.31. The van der Waals surface area contributed by atoms with Gasteiger partial charge in [0, 0.05) is 49.2 Å². The Morgan fingerprint density at radius 2 is 1.96 bits per heavy atom. The number of hydrogen-bond donors (Lipinski definition) is 0. The zero-order chi connectivity index (χ0) is 18.4. The molecule has 1 aromatic heterocycles. The number of likely N-dealkylation sites (N-methyl/N-ethyl adjacent to an activating group) is 1. The molecule has 25 heavy (non-hydrogen) atoms. The molecule has 0 radical (unpaired) electrons. The molecule has 132 valence electrons. The zero-order valence-corrected chi connectivity index (χ0v) is 14.7. The number of nitro benzene ring substituents is 1. The molecule has 0 atom stereocenters. The number of nitro groups is 1. The van der Waals surface area contributed by atoms with E-state index in [9.17, 15) is 14.9 Å². The van der Waals surface area contributed by atoms with Gasteiger partial charge >= 0.3 is 0 Å². The van der Waals surface area contributed by atoms with Gasteiger partial charge < -0.3 is 9.80 Å². The molecule has 1 heterocycles. The Kier molecular flexibility index (Phi) is 6.19. The third-order valence-electron chi connectivity index (χ3n) is 3.93. The Morgan fingerprint density at radius 1 is 1.20 bits per heavy atom. The molecular weight excluding hydrogens is 320 g/mol. The van der Waals surface area contributed by atoms with E-state index in [1.165, 1.54) is 6.07 Å². The van der Waals surface area contributed by atoms with Crippen LogP contribution in [0.15, 0.2) is 42.7 Å². The van der Waals surface area contributed by atoms with Crippen LogP contribution in [0.1, 0.15) is 21.5 Å². The summed E-state index contributed by atoms with van der Waals surface area (Å²) < 4.78 is 0. The van der Waals surface area contributed by atoms with Crippen molar-refractivity contribution in [3.05, 3.63) is 69.5 Å². The molecule has 0 saturated carbocycles. The lowest BCUT2D eigenvalue weighted by Gasteiger charge is -2.25. The van der Waals surface area contributed by atoms with Crippen LogP contribution in [-0.2, 0) is 6.54 Å². The highest BCUT2D eigenvalue weighted by atomic mass is 16.6. The topological polar surface area (TPSA) is 79.6 Å². The molecular formula is C18H22N4O3. The van der Waals surface area contributed by atoms with Gasteiger partial charge in [-0.05, 0) is 38.7 Å². The van der Waals surface area contributed by atoms with Crippen molar-refractivity contribution in [1.29, 1.82) is 0 Å². The molecule has 0 saturated heterocycles. The van der Waals surface area contributed by atoms with Crippen molar-refractivity contribution in [1.82, 2.24) is 14.8 Å². The highest BCUT2D eigenvalue weighted by molar-refractivity contribution is 5.96. The summed E-state index contributed by atoms with van der Waals surface area (Å²) in [5, 5.41) is 11.1. The van der Waals surface area contributed by atoms with Crippen LogP contribution in [-0.4, -0.2) is 52.8 Å². The molecule has 0 N–H and O–H groups in total. The van der Waals surface area contributed by atoms with Crippen molar-refractivity contribution in [3.63, 3.8) is 0 Å². The van der Waals surface area contributed by atoms with Gasteiger partial charge in [-0.1, -0.05) is 12.1 Å². The summed E-state index contributed by atoms with van der Waals surface area (Å²) in [7, 11) is 3.87. The van der Waals surface area contributed by atoms with Crippen LogP contribution in [0, 0.1) is 17.0 Å². The normalized spacial score (nSPS) is 10.7. The molecule has 0 unspecified atom stereocenters. The van der Waals surface area contributed by atoms with E-state index in [2.05, 4.69) is 4.98 Å². The highest BCUT2D eigenvalue weighted by Gasteiger charge is 2.22. The van der Waals surface area contributed by atoms with Crippen molar-refractivity contribution in [3.8, 4) is 0 Å². The largest absolute Gasteiger partial charge is 0.333 e. The van der Waals surface area contributed by atoms with Gasteiger partial charge in [-0.3, -0.25) is 19.9 Å². The minimum absolute atomic E-state index is 0.0419. The summed E-state index contributed by atoms with van der Waals surface area (Å²) in [6, 6.07) is 8.33. The molecule has 7 heteroatoms. The van der Waals surface area contributed by atoms with Gasteiger partial charge in [0.2, 0.25) is 0 Å². The minimum atomic E-state index is -0.461. The maximum atomic E-state index is 13.0. The van der Waals surface area contributed by atoms with Gasteiger partial charge in [0.1, 0.15) is 0 Å². The third-order valence-corrected chi connectivity index (χ3v) is 3.93. The van der Waals surface area contributed by atoms with Crippen molar-refractivity contribution in [2.45, 2.75) is 13.5 Å². The Morgan fingerprint density at radius 3 is 2.56 bits per heavy atom. The van der Waals surface area contributed by atoms with Crippen LogP contribution < -0.4 is 0 Å². The number of pyridine rings is 1. The lowest BCUT2D eigenvalue weighted by atomic mass is 10.1. The van der Waals surface area contributed by atoms with Crippen LogP contribution in [0.4, 0.5) is 5.69 Å². The molecule has 2 rings (SSSR count). The quantitative estimate of drug-likeness (QED) is 0.570. The fourth-order valence-electron chi connectivity index (χ4n) is 2.51. The van der Waals surface area contributed by atoms with Crippen molar-refractivity contribution in [2.75, 3.05) is 27.2 Å². The maximum absolute atomic E-state index is 13.0. The first-order valence-corrected chi connectivity index (χ1v) is 7.97. The molecule has 0 spiro atoms. The maximum Gasteiger partial charge on any atom is 0.273 e. The van der Waals surface area contributed by atoms with Gasteiger partial charge in [-0.25, -0.2) is 0 Å². The van der Waals surface area contributed by atoms with E-state index in [0.29, 0.717) is 30.8 Å². The van der Waals surface area contributed by atoms with E-state index in [4.69, 9.17) is 0 Å². The second-order valence-corrected chi connectivity index (χ2v) is 6.10. The molecule has 0 aliphatic carbocycles. The summed E-state index contributed by atoms with van der Waals surface area (Å²) in [6.45, 7) is 3.23. The number of rotatable bonds is 7. The van der Waals surface area contributed by atoms with Crippen molar-refractivity contribution >= 4 is 11.6 Å². The monoisotopic (exact) mass is 342 g/mol. The predicted octanol–water partition coefficient (Wildman–Crippen LogP) is 2.50. The second-order valence-electron chi connectivity index (χ2n) is 6.10. The summed E-state index contributed by atoms with van der Waals surface area (Å²) in [6.07, 6.45) is 3.40. The molecule has 1 aromatic carbocycles. The predicted molar refractivity (Wildman–Crippen MR) is 95.4 cm³/mol. The first-order valence-electron chi connectivity index (χ1n) is 7.97. The average molecular weight is 342 g/mol. The lowest BCUT2D eigenvalue weighted by Crippen LogP contribution is -2.36. The van der Waals surface area contributed by atoms with E-state index in [1.807, 2.05) is 31.1 Å². The number of benzene rings is 1. The van der Waals surface area contributed by atoms with Crippen LogP contribution in [0.3, 0.4) is 0 Å². The van der Waals surface area contributed by atoms with E-state index < -0.39 is 4.92 Å². The van der Waals surface area contributed by atoms with Crippen LogP contribution in [0.2, 0.25) is 0 Å². The Bertz CT molecular complexity index is 747. The van der Waals surface area contributed by atoms with E-state index >= 15 is 0 Å². The molecule has 0 aliphatic rings. The van der Waals surface area contributed by atoms with Gasteiger partial charge in [0.05, 0.1) is 4.92 Å². The smallest absolute Gasteiger partial charge is 0.273 e. The number of amides is 1. The van der Waals surface area contributed by atoms with Gasteiger partial charge in [-0.15, -0.1) is 0 Å². The first kappa shape index (κ1) is 18.5. The van der Waals surface area contributed by atoms with Gasteiger partial charge in [0.25, 0.3) is 11.6 Å². The molecule has 0 fully saturated rings. The molecule has 1 amide bonds. The molecule has 2 aromatic rings. The summed E-state index contributed by atoms with van der Waals surface area (Å²) >= 11 is 0. The fraction of sp³-hybridized carbons (Fsp3) is 0.333. The number of carbonyl (C=O) groups excluding carboxylic acids is 1. The number of aromatic nitrogens is 1. The SMILES string of the molecule is Cc1c(C(=O)N(CCN(C)C)Cc2cccnc2)cccc1[N+](=O)[O-]. The Labute approximate surface area is 147 Å². The number of carbonyl (C=O) groups is 1. The van der Waals surface area contributed by atoms with Crippen molar-refractivity contribution in [2.24, 2.45) is 0 Å². The van der Waals surface area contributed by atoms with E-state index in [0.717, 1.165) is 5.56 Å². The fourth-order valence-corrected chi connectivity index (χ4v) is 2.51. The van der Waals surface area contributed by atoms with Crippen LogP contribution in [0.5, 0.6) is 0 Å². The number of nitrogens with zero attached hydrogens (tertiary/aromatic N) is 4. The number of hydrogen-bond acceptors (Lipinski definition) is 5. The summed E-state index contributed by atoms with van der Waals surface area (Å²) in [5.41, 5.74) is 1.62. The zero-order valence-electron chi connectivity index (χ0n) is 14.7. The molecule has 0 aliphatic heterocycles. The summed E-state index contributed by atoms with van der Waals surface area (Å²) in [5.74, 6) is -0.216. The van der Waals surface area contributed by atoms with Gasteiger partial charge in [-0.2, -0.15) is 0 Å². The van der Waals surface area contributed by atoms with E-state index in [1.54, 1.807) is 36.4 Å². The second kappa shape index (κ2) is 8.34. The average Bonchev–Trinajstić information content (AvgIpc) is 2.58.